The first kappa shape index (κ1) is 21.1. The summed E-state index contributed by atoms with van der Waals surface area (Å²) in [7, 11) is 1.24. The van der Waals surface area contributed by atoms with Gasteiger partial charge >= 0.3 is 18.2 Å². The second-order valence-electron chi connectivity index (χ2n) is 8.12. The lowest BCUT2D eigenvalue weighted by Crippen LogP contribution is -2.64. The van der Waals surface area contributed by atoms with Gasteiger partial charge in [0.05, 0.1) is 13.2 Å². The number of amides is 2. The Kier molecular flexibility index (Phi) is 6.31. The van der Waals surface area contributed by atoms with E-state index in [2.05, 4.69) is 0 Å². The summed E-state index contributed by atoms with van der Waals surface area (Å²) in [6.45, 7) is 12.1. The molecule has 1 aliphatic rings. The standard InChI is InChI=1S/C17H30N2O6/c1-11-9-10-12(13(20)23-8)19(15(22)25-17(5,6)7)18(11)14(21)24-16(2,3)4/h11-12H,9-10H2,1-8H3/t11-,12+/m0/s1. The van der Waals surface area contributed by atoms with Crippen molar-refractivity contribution in [2.24, 2.45) is 0 Å². The minimum Gasteiger partial charge on any atom is -0.467 e. The summed E-state index contributed by atoms with van der Waals surface area (Å²) in [5.74, 6) is -0.605. The number of carbonyl (C=O) groups excluding carboxylic acids is 3. The van der Waals surface area contributed by atoms with Crippen LogP contribution in [-0.4, -0.2) is 58.6 Å². The summed E-state index contributed by atoms with van der Waals surface area (Å²) < 4.78 is 15.6. The Hall–Kier alpha value is -1.99. The molecule has 0 unspecified atom stereocenters. The molecular weight excluding hydrogens is 328 g/mol. The molecule has 0 aromatic carbocycles. The number of hydrogen-bond donors (Lipinski definition) is 0. The van der Waals surface area contributed by atoms with Gasteiger partial charge in [-0.2, -0.15) is 5.01 Å². The van der Waals surface area contributed by atoms with Crippen molar-refractivity contribution in [3.63, 3.8) is 0 Å². The van der Waals surface area contributed by atoms with E-state index in [-0.39, 0.29) is 6.04 Å². The third-order valence-corrected chi connectivity index (χ3v) is 3.44. The minimum atomic E-state index is -0.941. The molecule has 0 spiro atoms. The predicted octanol–water partition coefficient (Wildman–Crippen LogP) is 3.10. The fraction of sp³-hybridized carbons (Fsp3) is 0.824. The predicted molar refractivity (Wildman–Crippen MR) is 90.6 cm³/mol. The van der Waals surface area contributed by atoms with E-state index in [4.69, 9.17) is 14.2 Å². The average molecular weight is 358 g/mol. The fourth-order valence-electron chi connectivity index (χ4n) is 2.46. The number of carbonyl (C=O) groups is 3. The van der Waals surface area contributed by atoms with Gasteiger partial charge in [-0.1, -0.05) is 0 Å². The molecule has 2 amide bonds. The van der Waals surface area contributed by atoms with E-state index in [1.165, 1.54) is 7.11 Å². The van der Waals surface area contributed by atoms with E-state index in [9.17, 15) is 14.4 Å². The summed E-state index contributed by atoms with van der Waals surface area (Å²) >= 11 is 0. The molecule has 1 aliphatic heterocycles. The Morgan fingerprint density at radius 1 is 0.840 bits per heavy atom. The van der Waals surface area contributed by atoms with Gasteiger partial charge in [-0.25, -0.2) is 19.4 Å². The Morgan fingerprint density at radius 2 is 1.28 bits per heavy atom. The average Bonchev–Trinajstić information content (AvgIpc) is 2.42. The van der Waals surface area contributed by atoms with Crippen LogP contribution in [0.15, 0.2) is 0 Å². The van der Waals surface area contributed by atoms with Crippen molar-refractivity contribution in [1.29, 1.82) is 0 Å². The van der Waals surface area contributed by atoms with Crippen molar-refractivity contribution in [2.75, 3.05) is 7.11 Å². The number of ether oxygens (including phenoxy) is 3. The lowest BCUT2D eigenvalue weighted by atomic mass is 10.0. The normalized spacial score (nSPS) is 21.6. The second kappa shape index (κ2) is 7.49. The zero-order valence-corrected chi connectivity index (χ0v) is 16.4. The third kappa shape index (κ3) is 5.79. The Labute approximate surface area is 149 Å². The van der Waals surface area contributed by atoms with Gasteiger partial charge in [-0.15, -0.1) is 0 Å². The second-order valence-corrected chi connectivity index (χ2v) is 8.12. The van der Waals surface area contributed by atoms with Gasteiger partial charge in [0, 0.05) is 0 Å². The molecule has 0 radical (unpaired) electrons. The zero-order chi connectivity index (χ0) is 19.6. The monoisotopic (exact) mass is 358 g/mol. The van der Waals surface area contributed by atoms with E-state index in [0.29, 0.717) is 12.8 Å². The maximum absolute atomic E-state index is 12.7. The molecule has 8 heteroatoms. The molecule has 25 heavy (non-hydrogen) atoms. The first-order chi connectivity index (χ1) is 11.3. The van der Waals surface area contributed by atoms with Gasteiger partial charge in [0.2, 0.25) is 0 Å². The van der Waals surface area contributed by atoms with Crippen molar-refractivity contribution in [1.82, 2.24) is 10.0 Å². The Balaban J connectivity index is 3.23. The molecular formula is C17H30N2O6. The molecule has 1 saturated heterocycles. The molecule has 144 valence electrons. The highest BCUT2D eigenvalue weighted by molar-refractivity contribution is 5.83. The van der Waals surface area contributed by atoms with Crippen LogP contribution < -0.4 is 0 Å². The van der Waals surface area contributed by atoms with Crippen LogP contribution in [0, 0.1) is 0 Å². The van der Waals surface area contributed by atoms with Gasteiger partial charge in [0.15, 0.2) is 6.04 Å². The number of rotatable bonds is 1. The highest BCUT2D eigenvalue weighted by Crippen LogP contribution is 2.28. The van der Waals surface area contributed by atoms with Crippen LogP contribution in [0.4, 0.5) is 9.59 Å². The summed E-state index contributed by atoms with van der Waals surface area (Å²) in [6.07, 6.45) is -0.607. The SMILES string of the molecule is COC(=O)[C@H]1CC[C@H](C)N(C(=O)OC(C)(C)C)N1C(=O)OC(C)(C)C. The van der Waals surface area contributed by atoms with Crippen LogP contribution in [0.3, 0.4) is 0 Å². The molecule has 0 bridgehead atoms. The van der Waals surface area contributed by atoms with Gasteiger partial charge in [-0.3, -0.25) is 0 Å². The first-order valence-electron chi connectivity index (χ1n) is 8.39. The highest BCUT2D eigenvalue weighted by Gasteiger charge is 2.46. The quantitative estimate of drug-likeness (QED) is 0.529. The van der Waals surface area contributed by atoms with Crippen LogP contribution >= 0.6 is 0 Å². The van der Waals surface area contributed by atoms with Crippen LogP contribution in [0.25, 0.3) is 0 Å². The highest BCUT2D eigenvalue weighted by atomic mass is 16.6. The van der Waals surface area contributed by atoms with Crippen molar-refractivity contribution in [2.45, 2.75) is 84.6 Å². The van der Waals surface area contributed by atoms with Crippen LogP contribution in [0.1, 0.15) is 61.3 Å². The summed E-state index contributed by atoms with van der Waals surface area (Å²) in [5, 5.41) is 2.18. The molecule has 8 nitrogen and oxygen atoms in total. The lowest BCUT2D eigenvalue weighted by molar-refractivity contribution is -0.163. The molecule has 0 aliphatic carbocycles. The van der Waals surface area contributed by atoms with Crippen LogP contribution in [0.2, 0.25) is 0 Å². The third-order valence-electron chi connectivity index (χ3n) is 3.44. The van der Waals surface area contributed by atoms with E-state index in [1.807, 2.05) is 0 Å². The molecule has 1 fully saturated rings. The number of hydrogen-bond acceptors (Lipinski definition) is 6. The van der Waals surface area contributed by atoms with Gasteiger partial charge in [0.1, 0.15) is 11.2 Å². The van der Waals surface area contributed by atoms with Crippen molar-refractivity contribution >= 4 is 18.2 Å². The molecule has 1 rings (SSSR count). The van der Waals surface area contributed by atoms with E-state index in [1.54, 1.807) is 48.5 Å². The number of hydrazine groups is 1. The molecule has 1 heterocycles. The largest absolute Gasteiger partial charge is 0.467 e. The molecule has 0 aromatic rings. The summed E-state index contributed by atoms with van der Waals surface area (Å²) in [6, 6.07) is -1.27. The molecule has 0 N–H and O–H groups in total. The zero-order valence-electron chi connectivity index (χ0n) is 16.4. The van der Waals surface area contributed by atoms with E-state index < -0.39 is 35.4 Å². The van der Waals surface area contributed by atoms with Gasteiger partial charge in [0.25, 0.3) is 0 Å². The smallest absolute Gasteiger partial charge is 0.430 e. The van der Waals surface area contributed by atoms with Gasteiger partial charge in [-0.05, 0) is 61.3 Å². The number of nitrogens with zero attached hydrogens (tertiary/aromatic N) is 2. The molecule has 2 atom stereocenters. The minimum absolute atomic E-state index is 0.330. The number of esters is 1. The van der Waals surface area contributed by atoms with E-state index >= 15 is 0 Å². The maximum atomic E-state index is 12.7. The summed E-state index contributed by atoms with van der Waals surface area (Å²) in [4.78, 5) is 37.5. The van der Waals surface area contributed by atoms with Crippen molar-refractivity contribution in [3.8, 4) is 0 Å². The first-order valence-corrected chi connectivity index (χ1v) is 8.39. The maximum Gasteiger partial charge on any atom is 0.430 e. The topological polar surface area (TPSA) is 85.4 Å². The summed E-state index contributed by atoms with van der Waals surface area (Å²) in [5.41, 5.74) is -1.52. The van der Waals surface area contributed by atoms with Gasteiger partial charge < -0.3 is 14.2 Å². The number of methoxy groups -OCH3 is 1. The fourth-order valence-corrected chi connectivity index (χ4v) is 2.46. The van der Waals surface area contributed by atoms with Crippen LogP contribution in [0.5, 0.6) is 0 Å². The Morgan fingerprint density at radius 3 is 1.68 bits per heavy atom. The van der Waals surface area contributed by atoms with Crippen molar-refractivity contribution < 1.29 is 28.6 Å². The molecule has 0 aromatic heterocycles. The lowest BCUT2D eigenvalue weighted by Gasteiger charge is -2.45. The van der Waals surface area contributed by atoms with E-state index in [0.717, 1.165) is 10.0 Å². The van der Waals surface area contributed by atoms with Crippen LogP contribution in [-0.2, 0) is 19.0 Å². The Bertz CT molecular complexity index is 520. The van der Waals surface area contributed by atoms with Crippen molar-refractivity contribution in [3.05, 3.63) is 0 Å². The molecule has 0 saturated carbocycles.